The molecular formula is C22H18N2O3. The summed E-state index contributed by atoms with van der Waals surface area (Å²) in [6, 6.07) is 25.8. The van der Waals surface area contributed by atoms with Gasteiger partial charge in [-0.3, -0.25) is 10.0 Å². The van der Waals surface area contributed by atoms with Gasteiger partial charge < -0.3 is 4.74 Å². The molecule has 0 heterocycles. The highest BCUT2D eigenvalue weighted by Crippen LogP contribution is 2.27. The highest BCUT2D eigenvalue weighted by atomic mass is 16.5. The Morgan fingerprint density at radius 2 is 1.59 bits per heavy atom. The summed E-state index contributed by atoms with van der Waals surface area (Å²) in [6.07, 6.45) is 0. The third kappa shape index (κ3) is 4.32. The fourth-order valence-corrected chi connectivity index (χ4v) is 2.88. The molecule has 0 bridgehead atoms. The third-order valence-electron chi connectivity index (χ3n) is 4.25. The number of hydrogen-bond acceptors (Lipinski definition) is 4. The predicted molar refractivity (Wildman–Crippen MR) is 100 cm³/mol. The van der Waals surface area contributed by atoms with Crippen LogP contribution < -0.4 is 10.2 Å². The second-order valence-corrected chi connectivity index (χ2v) is 5.95. The standard InChI is InChI=1S/C22H18N2O3/c23-14-18-8-4-5-9-19(18)15-27-20-12-10-17(11-13-20)21(22(25)24-26)16-6-2-1-3-7-16/h1-13,21,26H,15H2,(H,24,25). The molecule has 134 valence electrons. The van der Waals surface area contributed by atoms with E-state index in [2.05, 4.69) is 6.07 Å². The highest BCUT2D eigenvalue weighted by Gasteiger charge is 2.22. The summed E-state index contributed by atoms with van der Waals surface area (Å²) in [7, 11) is 0. The summed E-state index contributed by atoms with van der Waals surface area (Å²) < 4.78 is 5.76. The molecule has 0 aliphatic heterocycles. The van der Waals surface area contributed by atoms with Crippen molar-refractivity contribution in [1.29, 1.82) is 5.26 Å². The molecule has 5 heteroatoms. The molecule has 3 aromatic rings. The first-order valence-corrected chi connectivity index (χ1v) is 8.42. The van der Waals surface area contributed by atoms with Crippen LogP contribution in [0, 0.1) is 11.3 Å². The van der Waals surface area contributed by atoms with Crippen molar-refractivity contribution in [1.82, 2.24) is 5.48 Å². The predicted octanol–water partition coefficient (Wildman–Crippen LogP) is 3.77. The number of amides is 1. The molecule has 0 aliphatic carbocycles. The molecule has 5 nitrogen and oxygen atoms in total. The molecule has 1 amide bonds. The van der Waals surface area contributed by atoms with Crippen molar-refractivity contribution in [2.24, 2.45) is 0 Å². The molecule has 0 spiro atoms. The Morgan fingerprint density at radius 3 is 2.26 bits per heavy atom. The summed E-state index contributed by atoms with van der Waals surface area (Å²) in [5, 5.41) is 18.2. The monoisotopic (exact) mass is 358 g/mol. The van der Waals surface area contributed by atoms with Crippen molar-refractivity contribution in [3.05, 3.63) is 101 Å². The van der Waals surface area contributed by atoms with Crippen LogP contribution in [0.2, 0.25) is 0 Å². The lowest BCUT2D eigenvalue weighted by Gasteiger charge is -2.16. The molecule has 0 saturated carbocycles. The van der Waals surface area contributed by atoms with Crippen molar-refractivity contribution >= 4 is 5.91 Å². The van der Waals surface area contributed by atoms with E-state index < -0.39 is 11.8 Å². The van der Waals surface area contributed by atoms with E-state index in [4.69, 9.17) is 15.2 Å². The molecule has 2 N–H and O–H groups in total. The number of nitrogens with one attached hydrogen (secondary N) is 1. The molecule has 1 atom stereocenters. The van der Waals surface area contributed by atoms with Gasteiger partial charge >= 0.3 is 0 Å². The summed E-state index contributed by atoms with van der Waals surface area (Å²) >= 11 is 0. The Hall–Kier alpha value is -3.62. The SMILES string of the molecule is N#Cc1ccccc1COc1ccc(C(C(=O)NO)c2ccccc2)cc1. The van der Waals surface area contributed by atoms with Crippen LogP contribution in [0.15, 0.2) is 78.9 Å². The minimum Gasteiger partial charge on any atom is -0.489 e. The fourth-order valence-electron chi connectivity index (χ4n) is 2.88. The molecular weight excluding hydrogens is 340 g/mol. The van der Waals surface area contributed by atoms with Gasteiger partial charge in [-0.25, -0.2) is 5.48 Å². The van der Waals surface area contributed by atoms with Crippen LogP contribution in [0.25, 0.3) is 0 Å². The molecule has 0 radical (unpaired) electrons. The second-order valence-electron chi connectivity index (χ2n) is 5.95. The second kappa shape index (κ2) is 8.65. The minimum absolute atomic E-state index is 0.280. The van der Waals surface area contributed by atoms with Gasteiger partial charge in [-0.1, -0.05) is 60.7 Å². The van der Waals surface area contributed by atoms with E-state index in [-0.39, 0.29) is 6.61 Å². The van der Waals surface area contributed by atoms with E-state index in [1.54, 1.807) is 35.8 Å². The zero-order valence-electron chi connectivity index (χ0n) is 14.5. The topological polar surface area (TPSA) is 82.3 Å². The van der Waals surface area contributed by atoms with Crippen LogP contribution in [0.3, 0.4) is 0 Å². The van der Waals surface area contributed by atoms with Gasteiger partial charge in [-0.15, -0.1) is 0 Å². The Balaban J connectivity index is 1.77. The molecule has 0 fully saturated rings. The molecule has 1 unspecified atom stereocenters. The largest absolute Gasteiger partial charge is 0.489 e. The van der Waals surface area contributed by atoms with Gasteiger partial charge in [0.1, 0.15) is 12.4 Å². The number of carbonyl (C=O) groups is 1. The maximum atomic E-state index is 12.2. The van der Waals surface area contributed by atoms with Crippen LogP contribution in [0.5, 0.6) is 5.75 Å². The minimum atomic E-state index is -0.621. The Labute approximate surface area is 157 Å². The summed E-state index contributed by atoms with van der Waals surface area (Å²) in [5.41, 5.74) is 4.64. The van der Waals surface area contributed by atoms with Crippen LogP contribution >= 0.6 is 0 Å². The third-order valence-corrected chi connectivity index (χ3v) is 4.25. The summed E-state index contributed by atoms with van der Waals surface area (Å²) in [5.74, 6) is -0.495. The van der Waals surface area contributed by atoms with Gasteiger partial charge in [-0.2, -0.15) is 5.26 Å². The molecule has 0 aromatic heterocycles. The number of carbonyl (C=O) groups excluding carboxylic acids is 1. The average molecular weight is 358 g/mol. The van der Waals surface area contributed by atoms with Crippen LogP contribution in [0.4, 0.5) is 0 Å². The van der Waals surface area contributed by atoms with Gasteiger partial charge in [0.2, 0.25) is 0 Å². The Morgan fingerprint density at radius 1 is 0.963 bits per heavy atom. The Bertz CT molecular complexity index is 947. The average Bonchev–Trinajstić information content (AvgIpc) is 2.74. The quantitative estimate of drug-likeness (QED) is 0.519. The molecule has 27 heavy (non-hydrogen) atoms. The number of ether oxygens (including phenoxy) is 1. The number of nitriles is 1. The molecule has 3 rings (SSSR count). The van der Waals surface area contributed by atoms with Gasteiger partial charge in [0.05, 0.1) is 17.6 Å². The first-order chi connectivity index (χ1) is 13.2. The van der Waals surface area contributed by atoms with E-state index in [1.165, 1.54) is 0 Å². The number of benzene rings is 3. The fraction of sp³-hybridized carbons (Fsp3) is 0.0909. The smallest absolute Gasteiger partial charge is 0.255 e. The molecule has 3 aromatic carbocycles. The lowest BCUT2D eigenvalue weighted by molar-refractivity contribution is -0.129. The lowest BCUT2D eigenvalue weighted by atomic mass is 9.91. The normalized spacial score (nSPS) is 11.3. The van der Waals surface area contributed by atoms with E-state index >= 15 is 0 Å². The van der Waals surface area contributed by atoms with Crippen molar-refractivity contribution in [3.63, 3.8) is 0 Å². The zero-order chi connectivity index (χ0) is 19.1. The first-order valence-electron chi connectivity index (χ1n) is 8.42. The van der Waals surface area contributed by atoms with Crippen molar-refractivity contribution in [2.75, 3.05) is 0 Å². The number of hydroxylamine groups is 1. The van der Waals surface area contributed by atoms with Crippen molar-refractivity contribution in [3.8, 4) is 11.8 Å². The van der Waals surface area contributed by atoms with E-state index in [0.717, 1.165) is 16.7 Å². The highest BCUT2D eigenvalue weighted by molar-refractivity contribution is 5.86. The van der Waals surface area contributed by atoms with Gasteiger partial charge in [-0.05, 0) is 29.3 Å². The van der Waals surface area contributed by atoms with E-state index in [0.29, 0.717) is 11.3 Å². The van der Waals surface area contributed by atoms with Gasteiger partial charge in [0.15, 0.2) is 0 Å². The maximum Gasteiger partial charge on any atom is 0.255 e. The van der Waals surface area contributed by atoms with Gasteiger partial charge in [0.25, 0.3) is 5.91 Å². The van der Waals surface area contributed by atoms with Crippen LogP contribution in [-0.2, 0) is 11.4 Å². The van der Waals surface area contributed by atoms with E-state index in [9.17, 15) is 4.79 Å². The number of rotatable bonds is 6. The molecule has 0 aliphatic rings. The lowest BCUT2D eigenvalue weighted by Crippen LogP contribution is -2.27. The zero-order valence-corrected chi connectivity index (χ0v) is 14.5. The van der Waals surface area contributed by atoms with Crippen LogP contribution in [0.1, 0.15) is 28.2 Å². The maximum absolute atomic E-state index is 12.2. The number of nitrogens with zero attached hydrogens (tertiary/aromatic N) is 1. The van der Waals surface area contributed by atoms with Crippen LogP contribution in [-0.4, -0.2) is 11.1 Å². The van der Waals surface area contributed by atoms with Crippen molar-refractivity contribution < 1.29 is 14.7 Å². The summed E-state index contributed by atoms with van der Waals surface area (Å²) in [6.45, 7) is 0.280. The van der Waals surface area contributed by atoms with Crippen molar-refractivity contribution in [2.45, 2.75) is 12.5 Å². The Kier molecular flexibility index (Phi) is 5.83. The molecule has 0 saturated heterocycles. The summed E-state index contributed by atoms with van der Waals surface area (Å²) in [4.78, 5) is 12.2. The first kappa shape index (κ1) is 18.2. The number of hydrogen-bond donors (Lipinski definition) is 2. The van der Waals surface area contributed by atoms with Gasteiger partial charge in [0, 0.05) is 5.56 Å². The van der Waals surface area contributed by atoms with E-state index in [1.807, 2.05) is 48.5 Å².